The second kappa shape index (κ2) is 7.58. The Hall–Kier alpha value is -2.58. The molecule has 0 radical (unpaired) electrons. The molecule has 8 heteroatoms. The quantitative estimate of drug-likeness (QED) is 0.612. The van der Waals surface area contributed by atoms with Gasteiger partial charge in [-0.1, -0.05) is 26.0 Å². The molecule has 3 rings (SSSR count). The molecular formula is C19H24N4O4. The molecule has 1 saturated heterocycles. The van der Waals surface area contributed by atoms with Gasteiger partial charge in [0.1, 0.15) is 6.04 Å². The number of nitrogens with zero attached hydrogens (tertiary/aromatic N) is 1. The van der Waals surface area contributed by atoms with Crippen molar-refractivity contribution in [2.75, 3.05) is 6.54 Å². The molecule has 1 aromatic rings. The van der Waals surface area contributed by atoms with Gasteiger partial charge in [0.25, 0.3) is 11.8 Å². The van der Waals surface area contributed by atoms with Crippen LogP contribution in [-0.2, 0) is 16.1 Å². The van der Waals surface area contributed by atoms with Gasteiger partial charge < -0.3 is 11.1 Å². The summed E-state index contributed by atoms with van der Waals surface area (Å²) in [5, 5.41) is 5.42. The minimum absolute atomic E-state index is 0.0148. The molecule has 4 amide bonds. The molecule has 144 valence electrons. The standard InChI is InChI=1S/C19H24N4O4/c1-10(2)13(20)9-21-8-11-4-3-5-12-16(11)19(27)23(18(12)26)14-6-7-15(24)22-17(14)25/h3-5,10,13-14,21H,6-9,20H2,1-2H3,(H,22,24,25)/t13-,14?/m0/s1. The third-order valence-corrected chi connectivity index (χ3v) is 5.11. The highest BCUT2D eigenvalue weighted by Gasteiger charge is 2.45. The Morgan fingerprint density at radius 1 is 1.22 bits per heavy atom. The molecule has 0 spiro atoms. The number of carbonyl (C=O) groups excluding carboxylic acids is 4. The van der Waals surface area contributed by atoms with Crippen molar-refractivity contribution in [3.8, 4) is 0 Å². The zero-order chi connectivity index (χ0) is 19.7. The van der Waals surface area contributed by atoms with Crippen molar-refractivity contribution < 1.29 is 19.2 Å². The maximum atomic E-state index is 12.9. The minimum Gasteiger partial charge on any atom is -0.326 e. The molecule has 2 heterocycles. The van der Waals surface area contributed by atoms with Crippen LogP contribution in [-0.4, -0.2) is 47.2 Å². The van der Waals surface area contributed by atoms with Gasteiger partial charge in [-0.2, -0.15) is 0 Å². The first-order valence-electron chi connectivity index (χ1n) is 9.11. The second-order valence-corrected chi connectivity index (χ2v) is 7.33. The van der Waals surface area contributed by atoms with E-state index < -0.39 is 23.8 Å². The molecule has 1 fully saturated rings. The minimum atomic E-state index is -0.953. The molecule has 1 unspecified atom stereocenters. The highest BCUT2D eigenvalue weighted by Crippen LogP contribution is 2.29. The highest BCUT2D eigenvalue weighted by molar-refractivity contribution is 6.24. The van der Waals surface area contributed by atoms with Gasteiger partial charge in [-0.3, -0.25) is 29.4 Å². The topological polar surface area (TPSA) is 122 Å². The summed E-state index contributed by atoms with van der Waals surface area (Å²) in [6.07, 6.45) is 0.248. The Labute approximate surface area is 157 Å². The summed E-state index contributed by atoms with van der Waals surface area (Å²) in [6, 6.07) is 4.12. The van der Waals surface area contributed by atoms with E-state index in [1.165, 1.54) is 0 Å². The second-order valence-electron chi connectivity index (χ2n) is 7.33. The van der Waals surface area contributed by atoms with E-state index in [9.17, 15) is 19.2 Å². The average molecular weight is 372 g/mol. The number of nitrogens with one attached hydrogen (secondary N) is 2. The molecule has 8 nitrogen and oxygen atoms in total. The molecule has 2 aliphatic heterocycles. The molecule has 4 N–H and O–H groups in total. The van der Waals surface area contributed by atoms with Gasteiger partial charge in [0.15, 0.2) is 0 Å². The molecule has 2 aliphatic rings. The lowest BCUT2D eigenvalue weighted by atomic mass is 10.0. The summed E-state index contributed by atoms with van der Waals surface area (Å²) in [6.45, 7) is 5.05. The number of amides is 4. The van der Waals surface area contributed by atoms with E-state index in [0.717, 1.165) is 4.90 Å². The number of carbonyl (C=O) groups is 4. The number of fused-ring (bicyclic) bond motifs is 1. The number of rotatable bonds is 6. The van der Waals surface area contributed by atoms with Crippen molar-refractivity contribution >= 4 is 23.6 Å². The molecule has 27 heavy (non-hydrogen) atoms. The molecule has 1 aromatic carbocycles. The summed E-state index contributed by atoms with van der Waals surface area (Å²) in [5.41, 5.74) is 7.32. The summed E-state index contributed by atoms with van der Waals surface area (Å²) < 4.78 is 0. The van der Waals surface area contributed by atoms with E-state index in [1.807, 2.05) is 13.8 Å². The predicted molar refractivity (Wildman–Crippen MR) is 97.6 cm³/mol. The van der Waals surface area contributed by atoms with Crippen LogP contribution in [0.5, 0.6) is 0 Å². The zero-order valence-electron chi connectivity index (χ0n) is 15.5. The zero-order valence-corrected chi connectivity index (χ0v) is 15.5. The Morgan fingerprint density at radius 2 is 1.96 bits per heavy atom. The molecule has 2 atom stereocenters. The SMILES string of the molecule is CC(C)[C@@H](N)CNCc1cccc2c1C(=O)N(C1CCC(=O)NC1=O)C2=O. The van der Waals surface area contributed by atoms with Crippen LogP contribution in [0.2, 0.25) is 0 Å². The van der Waals surface area contributed by atoms with E-state index in [0.29, 0.717) is 30.1 Å². The number of nitrogens with two attached hydrogens (primary N) is 1. The Balaban J connectivity index is 1.80. The van der Waals surface area contributed by atoms with Crippen LogP contribution in [0.3, 0.4) is 0 Å². The number of benzene rings is 1. The number of hydrogen-bond donors (Lipinski definition) is 3. The molecule has 0 saturated carbocycles. The summed E-state index contributed by atoms with van der Waals surface area (Å²) in [4.78, 5) is 50.2. The average Bonchev–Trinajstić information content (AvgIpc) is 2.87. The van der Waals surface area contributed by atoms with Gasteiger partial charge in [-0.05, 0) is 24.0 Å². The van der Waals surface area contributed by atoms with E-state index >= 15 is 0 Å². The fourth-order valence-electron chi connectivity index (χ4n) is 3.34. The van der Waals surface area contributed by atoms with Gasteiger partial charge >= 0.3 is 0 Å². The lowest BCUT2D eigenvalue weighted by molar-refractivity contribution is -0.136. The predicted octanol–water partition coefficient (Wildman–Crippen LogP) is 0.161. The van der Waals surface area contributed by atoms with E-state index in [1.54, 1.807) is 18.2 Å². The van der Waals surface area contributed by atoms with Crippen LogP contribution in [0, 0.1) is 5.92 Å². The maximum Gasteiger partial charge on any atom is 0.262 e. The fraction of sp³-hybridized carbons (Fsp3) is 0.474. The molecular weight excluding hydrogens is 348 g/mol. The lowest BCUT2D eigenvalue weighted by Gasteiger charge is -2.27. The third-order valence-electron chi connectivity index (χ3n) is 5.11. The molecule has 0 aromatic heterocycles. The van der Waals surface area contributed by atoms with Gasteiger partial charge in [0.2, 0.25) is 11.8 Å². The Bertz CT molecular complexity index is 805. The normalized spacial score (nSPS) is 20.9. The van der Waals surface area contributed by atoms with Crippen molar-refractivity contribution in [3.63, 3.8) is 0 Å². The smallest absolute Gasteiger partial charge is 0.262 e. The Kier molecular flexibility index (Phi) is 5.38. The van der Waals surface area contributed by atoms with Crippen molar-refractivity contribution in [2.24, 2.45) is 11.7 Å². The summed E-state index contributed by atoms with van der Waals surface area (Å²) >= 11 is 0. The largest absolute Gasteiger partial charge is 0.326 e. The van der Waals surface area contributed by atoms with Crippen molar-refractivity contribution in [1.29, 1.82) is 0 Å². The third kappa shape index (κ3) is 3.63. The monoisotopic (exact) mass is 372 g/mol. The van der Waals surface area contributed by atoms with Crippen LogP contribution in [0.4, 0.5) is 0 Å². The number of piperidine rings is 1. The van der Waals surface area contributed by atoms with Gasteiger partial charge in [0.05, 0.1) is 11.1 Å². The first-order chi connectivity index (χ1) is 12.8. The van der Waals surface area contributed by atoms with Crippen LogP contribution in [0.25, 0.3) is 0 Å². The number of imide groups is 2. The van der Waals surface area contributed by atoms with Gasteiger partial charge in [-0.15, -0.1) is 0 Å². The molecule has 0 bridgehead atoms. The van der Waals surface area contributed by atoms with E-state index in [-0.39, 0.29) is 30.4 Å². The van der Waals surface area contributed by atoms with E-state index in [4.69, 9.17) is 5.73 Å². The molecule has 0 aliphatic carbocycles. The Morgan fingerprint density at radius 3 is 2.63 bits per heavy atom. The summed E-state index contributed by atoms with van der Waals surface area (Å²) in [7, 11) is 0. The maximum absolute atomic E-state index is 12.9. The lowest BCUT2D eigenvalue weighted by Crippen LogP contribution is -2.54. The first-order valence-corrected chi connectivity index (χ1v) is 9.11. The number of hydrogen-bond acceptors (Lipinski definition) is 6. The van der Waals surface area contributed by atoms with Crippen LogP contribution < -0.4 is 16.4 Å². The highest BCUT2D eigenvalue weighted by atomic mass is 16.2. The fourth-order valence-corrected chi connectivity index (χ4v) is 3.34. The van der Waals surface area contributed by atoms with E-state index in [2.05, 4.69) is 10.6 Å². The van der Waals surface area contributed by atoms with Crippen LogP contribution in [0.1, 0.15) is 53.0 Å². The summed E-state index contributed by atoms with van der Waals surface area (Å²) in [5.74, 6) is -1.66. The van der Waals surface area contributed by atoms with Gasteiger partial charge in [0, 0.05) is 25.6 Å². The van der Waals surface area contributed by atoms with Crippen LogP contribution >= 0.6 is 0 Å². The van der Waals surface area contributed by atoms with Crippen molar-refractivity contribution in [1.82, 2.24) is 15.5 Å². The van der Waals surface area contributed by atoms with Crippen LogP contribution in [0.15, 0.2) is 18.2 Å². The first kappa shape index (κ1) is 19.2. The van der Waals surface area contributed by atoms with Crippen molar-refractivity contribution in [2.45, 2.75) is 45.3 Å². The van der Waals surface area contributed by atoms with Crippen molar-refractivity contribution in [3.05, 3.63) is 34.9 Å². The van der Waals surface area contributed by atoms with Gasteiger partial charge in [-0.25, -0.2) is 0 Å².